The van der Waals surface area contributed by atoms with E-state index in [1.807, 2.05) is 13.0 Å². The van der Waals surface area contributed by atoms with Gasteiger partial charge in [0.15, 0.2) is 0 Å². The number of phenolic OH excluding ortho intramolecular Hbond substituents is 1. The number of hydrogen-bond acceptors (Lipinski definition) is 4. The lowest BCUT2D eigenvalue weighted by Crippen LogP contribution is -2.36. The second kappa shape index (κ2) is 4.46. The summed E-state index contributed by atoms with van der Waals surface area (Å²) in [6.07, 6.45) is 0. The molecule has 3 rings (SSSR count). The van der Waals surface area contributed by atoms with E-state index in [-0.39, 0.29) is 5.75 Å². The number of fused-ring (bicyclic) bond motifs is 1. The first kappa shape index (κ1) is 11.3. The van der Waals surface area contributed by atoms with Gasteiger partial charge in [-0.25, -0.2) is 4.98 Å². The third-order valence-electron chi connectivity index (χ3n) is 3.32. The number of aryl methyl sites for hydroxylation is 1. The number of aromatic hydroxyl groups is 1. The minimum atomic E-state index is 0.284. The van der Waals surface area contributed by atoms with Gasteiger partial charge in [0.1, 0.15) is 11.6 Å². The zero-order chi connectivity index (χ0) is 12.5. The lowest BCUT2D eigenvalue weighted by Gasteiger charge is -2.28. The van der Waals surface area contributed by atoms with Crippen LogP contribution in [0.3, 0.4) is 0 Å². The molecule has 1 aromatic heterocycles. The Hall–Kier alpha value is -1.81. The quantitative estimate of drug-likeness (QED) is 0.834. The maximum absolute atomic E-state index is 9.52. The summed E-state index contributed by atoms with van der Waals surface area (Å²) < 4.78 is 5.35. The van der Waals surface area contributed by atoms with E-state index in [0.717, 1.165) is 48.6 Å². The topological polar surface area (TPSA) is 45.6 Å². The molecule has 4 heteroatoms. The maximum Gasteiger partial charge on any atom is 0.129 e. The molecular weight excluding hydrogens is 228 g/mol. The molecule has 0 atom stereocenters. The molecule has 0 unspecified atom stereocenters. The summed E-state index contributed by atoms with van der Waals surface area (Å²) in [4.78, 5) is 6.90. The summed E-state index contributed by atoms with van der Waals surface area (Å²) >= 11 is 0. The van der Waals surface area contributed by atoms with Crippen LogP contribution < -0.4 is 4.90 Å². The zero-order valence-electron chi connectivity index (χ0n) is 10.4. The number of phenols is 1. The highest BCUT2D eigenvalue weighted by Crippen LogP contribution is 2.25. The molecule has 0 spiro atoms. The number of pyridine rings is 1. The van der Waals surface area contributed by atoms with Crippen LogP contribution in [-0.2, 0) is 4.74 Å². The molecule has 18 heavy (non-hydrogen) atoms. The third kappa shape index (κ3) is 1.99. The Morgan fingerprint density at radius 3 is 2.78 bits per heavy atom. The van der Waals surface area contributed by atoms with Crippen molar-refractivity contribution >= 4 is 16.7 Å². The van der Waals surface area contributed by atoms with Crippen LogP contribution in [0.4, 0.5) is 5.82 Å². The van der Waals surface area contributed by atoms with Crippen LogP contribution in [0.25, 0.3) is 10.9 Å². The first-order chi connectivity index (χ1) is 8.74. The van der Waals surface area contributed by atoms with Gasteiger partial charge in [-0.05, 0) is 36.8 Å². The summed E-state index contributed by atoms with van der Waals surface area (Å²) in [6.45, 7) is 5.34. The number of hydrogen-bond donors (Lipinski definition) is 1. The minimum absolute atomic E-state index is 0.284. The van der Waals surface area contributed by atoms with Crippen LogP contribution in [-0.4, -0.2) is 36.4 Å². The van der Waals surface area contributed by atoms with Crippen LogP contribution in [0.15, 0.2) is 24.3 Å². The molecule has 1 N–H and O–H groups in total. The van der Waals surface area contributed by atoms with Gasteiger partial charge in [-0.15, -0.1) is 0 Å². The molecule has 4 nitrogen and oxygen atoms in total. The molecule has 0 amide bonds. The Balaban J connectivity index is 2.06. The van der Waals surface area contributed by atoms with Crippen molar-refractivity contribution < 1.29 is 9.84 Å². The van der Waals surface area contributed by atoms with E-state index >= 15 is 0 Å². The Bertz CT molecular complexity index is 577. The van der Waals surface area contributed by atoms with Gasteiger partial charge >= 0.3 is 0 Å². The van der Waals surface area contributed by atoms with Gasteiger partial charge in [0, 0.05) is 18.5 Å². The fourth-order valence-corrected chi connectivity index (χ4v) is 2.32. The van der Waals surface area contributed by atoms with Crippen LogP contribution in [0, 0.1) is 6.92 Å². The SMILES string of the molecule is Cc1cc(N2CCOCC2)nc2ccc(O)cc12. The van der Waals surface area contributed by atoms with Crippen molar-refractivity contribution in [3.05, 3.63) is 29.8 Å². The molecule has 0 radical (unpaired) electrons. The highest BCUT2D eigenvalue weighted by atomic mass is 16.5. The second-order valence-electron chi connectivity index (χ2n) is 4.60. The molecule has 0 bridgehead atoms. The number of aromatic nitrogens is 1. The molecule has 0 aliphatic carbocycles. The van der Waals surface area contributed by atoms with Crippen molar-refractivity contribution in [2.45, 2.75) is 6.92 Å². The van der Waals surface area contributed by atoms with Gasteiger partial charge in [-0.1, -0.05) is 0 Å². The van der Waals surface area contributed by atoms with Crippen LogP contribution in [0.1, 0.15) is 5.56 Å². The molecule has 1 saturated heterocycles. The standard InChI is InChI=1S/C14H16N2O2/c1-10-8-14(16-4-6-18-7-5-16)15-13-3-2-11(17)9-12(10)13/h2-3,8-9,17H,4-7H2,1H3. The Kier molecular flexibility index (Phi) is 2.80. The highest BCUT2D eigenvalue weighted by molar-refractivity contribution is 5.85. The van der Waals surface area contributed by atoms with E-state index in [0.29, 0.717) is 0 Å². The summed E-state index contributed by atoms with van der Waals surface area (Å²) in [5.41, 5.74) is 2.06. The number of anilines is 1. The lowest BCUT2D eigenvalue weighted by atomic mass is 10.1. The predicted molar refractivity (Wildman–Crippen MR) is 71.2 cm³/mol. The molecule has 94 valence electrons. The number of benzene rings is 1. The van der Waals surface area contributed by atoms with Crippen molar-refractivity contribution in [2.75, 3.05) is 31.2 Å². The molecule has 1 fully saturated rings. The van der Waals surface area contributed by atoms with Crippen LogP contribution >= 0.6 is 0 Å². The second-order valence-corrected chi connectivity index (χ2v) is 4.60. The van der Waals surface area contributed by atoms with Crippen molar-refractivity contribution in [1.82, 2.24) is 4.98 Å². The largest absolute Gasteiger partial charge is 0.508 e. The summed E-state index contributed by atoms with van der Waals surface area (Å²) in [5, 5.41) is 10.5. The number of nitrogens with zero attached hydrogens (tertiary/aromatic N) is 2. The number of morpholine rings is 1. The fraction of sp³-hybridized carbons (Fsp3) is 0.357. The molecule has 2 heterocycles. The Morgan fingerprint density at radius 1 is 1.22 bits per heavy atom. The van der Waals surface area contributed by atoms with Gasteiger partial charge in [-0.2, -0.15) is 0 Å². The van der Waals surface area contributed by atoms with Gasteiger partial charge in [-0.3, -0.25) is 0 Å². The lowest BCUT2D eigenvalue weighted by molar-refractivity contribution is 0.122. The molecule has 1 aliphatic heterocycles. The normalized spacial score (nSPS) is 16.2. The zero-order valence-corrected chi connectivity index (χ0v) is 10.4. The smallest absolute Gasteiger partial charge is 0.129 e. The van der Waals surface area contributed by atoms with E-state index in [2.05, 4.69) is 16.0 Å². The molecule has 2 aromatic rings. The molecule has 1 aromatic carbocycles. The molecule has 0 saturated carbocycles. The minimum Gasteiger partial charge on any atom is -0.508 e. The van der Waals surface area contributed by atoms with Crippen LogP contribution in [0.5, 0.6) is 5.75 Å². The van der Waals surface area contributed by atoms with Crippen molar-refractivity contribution in [3.8, 4) is 5.75 Å². The van der Waals surface area contributed by atoms with Crippen molar-refractivity contribution in [2.24, 2.45) is 0 Å². The number of rotatable bonds is 1. The molecular formula is C14H16N2O2. The van der Waals surface area contributed by atoms with Gasteiger partial charge < -0.3 is 14.7 Å². The van der Waals surface area contributed by atoms with Crippen molar-refractivity contribution in [1.29, 1.82) is 0 Å². The Morgan fingerprint density at radius 2 is 2.00 bits per heavy atom. The predicted octanol–water partition coefficient (Wildman–Crippen LogP) is 2.09. The fourth-order valence-electron chi connectivity index (χ4n) is 2.32. The van der Waals surface area contributed by atoms with Crippen molar-refractivity contribution in [3.63, 3.8) is 0 Å². The molecule has 1 aliphatic rings. The third-order valence-corrected chi connectivity index (χ3v) is 3.32. The summed E-state index contributed by atoms with van der Waals surface area (Å²) in [6, 6.07) is 7.38. The van der Waals surface area contributed by atoms with E-state index in [4.69, 9.17) is 4.74 Å². The van der Waals surface area contributed by atoms with E-state index in [1.54, 1.807) is 12.1 Å². The van der Waals surface area contributed by atoms with E-state index in [1.165, 1.54) is 0 Å². The highest BCUT2D eigenvalue weighted by Gasteiger charge is 2.14. The summed E-state index contributed by atoms with van der Waals surface area (Å²) in [7, 11) is 0. The monoisotopic (exact) mass is 244 g/mol. The summed E-state index contributed by atoms with van der Waals surface area (Å²) in [5.74, 6) is 1.28. The first-order valence-corrected chi connectivity index (χ1v) is 6.17. The van der Waals surface area contributed by atoms with Gasteiger partial charge in [0.05, 0.1) is 18.7 Å². The first-order valence-electron chi connectivity index (χ1n) is 6.17. The maximum atomic E-state index is 9.52. The van der Waals surface area contributed by atoms with Gasteiger partial charge in [0.25, 0.3) is 0 Å². The van der Waals surface area contributed by atoms with Gasteiger partial charge in [0.2, 0.25) is 0 Å². The average molecular weight is 244 g/mol. The number of ether oxygens (including phenoxy) is 1. The van der Waals surface area contributed by atoms with E-state index < -0.39 is 0 Å². The Labute approximate surface area is 106 Å². The average Bonchev–Trinajstić information content (AvgIpc) is 2.40. The van der Waals surface area contributed by atoms with E-state index in [9.17, 15) is 5.11 Å². The van der Waals surface area contributed by atoms with Crippen LogP contribution in [0.2, 0.25) is 0 Å².